The Kier molecular flexibility index (Phi) is 4.64. The van der Waals surface area contributed by atoms with Crippen LogP contribution in [0.2, 0.25) is 5.02 Å². The Morgan fingerprint density at radius 2 is 2.07 bits per heavy atom. The molecule has 27 heavy (non-hydrogen) atoms. The summed E-state index contributed by atoms with van der Waals surface area (Å²) in [5.74, 6) is 1.62. The van der Waals surface area contributed by atoms with Crippen molar-refractivity contribution in [2.45, 2.75) is 5.92 Å². The molecule has 1 aliphatic heterocycles. The molecule has 0 unspecified atom stereocenters. The van der Waals surface area contributed by atoms with Gasteiger partial charge in [-0.05, 0) is 30.3 Å². The van der Waals surface area contributed by atoms with Crippen molar-refractivity contribution in [3.63, 3.8) is 0 Å². The molecular weight excluding hydrogens is 370 g/mol. The highest BCUT2D eigenvalue weighted by molar-refractivity contribution is 6.31. The van der Waals surface area contributed by atoms with Gasteiger partial charge in [0.15, 0.2) is 5.82 Å². The van der Waals surface area contributed by atoms with Gasteiger partial charge in [0.2, 0.25) is 0 Å². The maximum Gasteiger partial charge on any atom is 0.321 e. The van der Waals surface area contributed by atoms with Crippen LogP contribution < -0.4 is 10.1 Å². The number of urea groups is 1. The number of ether oxygens (including phenoxy) is 1. The molecule has 2 amide bonds. The van der Waals surface area contributed by atoms with Crippen LogP contribution >= 0.6 is 11.6 Å². The molecule has 3 aromatic rings. The number of hydrogen-bond acceptors (Lipinski definition) is 6. The first-order valence-corrected chi connectivity index (χ1v) is 8.65. The Morgan fingerprint density at radius 1 is 1.30 bits per heavy atom. The van der Waals surface area contributed by atoms with Crippen molar-refractivity contribution in [2.24, 2.45) is 0 Å². The van der Waals surface area contributed by atoms with Gasteiger partial charge in [0.05, 0.1) is 18.7 Å². The molecule has 1 fully saturated rings. The van der Waals surface area contributed by atoms with Gasteiger partial charge in [-0.1, -0.05) is 16.8 Å². The van der Waals surface area contributed by atoms with Gasteiger partial charge >= 0.3 is 6.03 Å². The van der Waals surface area contributed by atoms with Crippen LogP contribution in [0.4, 0.5) is 10.5 Å². The van der Waals surface area contributed by atoms with Crippen molar-refractivity contribution in [1.82, 2.24) is 20.0 Å². The second kappa shape index (κ2) is 7.24. The number of pyridine rings is 1. The number of anilines is 1. The number of carbonyl (C=O) groups is 1. The van der Waals surface area contributed by atoms with Crippen LogP contribution in [-0.2, 0) is 0 Å². The number of benzene rings is 1. The van der Waals surface area contributed by atoms with Gasteiger partial charge < -0.3 is 19.5 Å². The predicted octanol–water partition coefficient (Wildman–Crippen LogP) is 3.42. The average molecular weight is 386 g/mol. The van der Waals surface area contributed by atoms with Gasteiger partial charge in [-0.25, -0.2) is 4.79 Å². The summed E-state index contributed by atoms with van der Waals surface area (Å²) in [5.41, 5.74) is 1.34. The van der Waals surface area contributed by atoms with E-state index in [1.807, 2.05) is 0 Å². The van der Waals surface area contributed by atoms with Crippen molar-refractivity contribution < 1.29 is 14.1 Å². The Labute approximate surface area is 160 Å². The molecule has 0 aliphatic carbocycles. The Morgan fingerprint density at radius 3 is 2.81 bits per heavy atom. The Hall–Kier alpha value is -3.13. The fourth-order valence-corrected chi connectivity index (χ4v) is 2.96. The first-order valence-electron chi connectivity index (χ1n) is 8.27. The van der Waals surface area contributed by atoms with Gasteiger partial charge in [-0.15, -0.1) is 0 Å². The molecule has 1 aliphatic rings. The van der Waals surface area contributed by atoms with Crippen molar-refractivity contribution in [1.29, 1.82) is 0 Å². The van der Waals surface area contributed by atoms with Crippen LogP contribution in [0.1, 0.15) is 11.7 Å². The minimum atomic E-state index is -0.232. The lowest BCUT2D eigenvalue weighted by Crippen LogP contribution is -2.50. The van der Waals surface area contributed by atoms with E-state index in [2.05, 4.69) is 20.4 Å². The Balaban J connectivity index is 1.38. The molecule has 1 N–H and O–H groups in total. The largest absolute Gasteiger partial charge is 0.495 e. The number of amides is 2. The second-order valence-electron chi connectivity index (χ2n) is 6.07. The van der Waals surface area contributed by atoms with E-state index in [1.165, 1.54) is 7.11 Å². The van der Waals surface area contributed by atoms with Gasteiger partial charge in [-0.2, -0.15) is 4.98 Å². The van der Waals surface area contributed by atoms with E-state index in [1.54, 1.807) is 47.6 Å². The maximum atomic E-state index is 12.4. The van der Waals surface area contributed by atoms with Gasteiger partial charge in [0.25, 0.3) is 5.89 Å². The number of methoxy groups -OCH3 is 1. The number of nitrogens with zero attached hydrogens (tertiary/aromatic N) is 4. The lowest BCUT2D eigenvalue weighted by molar-refractivity contribution is 0.159. The third kappa shape index (κ3) is 3.56. The molecule has 2 aromatic heterocycles. The molecule has 1 saturated heterocycles. The third-order valence-corrected chi connectivity index (χ3v) is 4.54. The van der Waals surface area contributed by atoms with E-state index in [9.17, 15) is 4.79 Å². The zero-order valence-corrected chi connectivity index (χ0v) is 15.2. The first kappa shape index (κ1) is 17.3. The maximum absolute atomic E-state index is 12.4. The summed E-state index contributed by atoms with van der Waals surface area (Å²) in [6, 6.07) is 8.43. The van der Waals surface area contributed by atoms with Crippen molar-refractivity contribution in [3.8, 4) is 17.2 Å². The molecule has 4 rings (SSSR count). The van der Waals surface area contributed by atoms with Gasteiger partial charge in [-0.3, -0.25) is 4.98 Å². The van der Waals surface area contributed by atoms with Crippen molar-refractivity contribution in [3.05, 3.63) is 53.6 Å². The number of hydrogen-bond donors (Lipinski definition) is 1. The van der Waals surface area contributed by atoms with Crippen LogP contribution in [0.3, 0.4) is 0 Å². The number of rotatable bonds is 4. The number of carbonyl (C=O) groups excluding carboxylic acids is 1. The molecule has 0 spiro atoms. The van der Waals surface area contributed by atoms with Crippen molar-refractivity contribution >= 4 is 23.3 Å². The topological polar surface area (TPSA) is 93.4 Å². The van der Waals surface area contributed by atoms with Crippen LogP contribution in [0, 0.1) is 0 Å². The van der Waals surface area contributed by atoms with E-state index in [-0.39, 0.29) is 11.9 Å². The van der Waals surface area contributed by atoms with E-state index >= 15 is 0 Å². The average Bonchev–Trinajstić information content (AvgIpc) is 3.11. The minimum absolute atomic E-state index is 0.0383. The first-order chi connectivity index (χ1) is 13.1. The van der Waals surface area contributed by atoms with E-state index < -0.39 is 0 Å². The van der Waals surface area contributed by atoms with E-state index in [0.29, 0.717) is 41.3 Å². The second-order valence-corrected chi connectivity index (χ2v) is 6.51. The normalized spacial score (nSPS) is 13.9. The number of halogens is 1. The number of nitrogens with one attached hydrogen (secondary N) is 1. The third-order valence-electron chi connectivity index (χ3n) is 4.31. The molecule has 1 aromatic carbocycles. The van der Waals surface area contributed by atoms with Gasteiger partial charge in [0, 0.05) is 36.1 Å². The lowest BCUT2D eigenvalue weighted by Gasteiger charge is -2.37. The zero-order valence-electron chi connectivity index (χ0n) is 14.4. The van der Waals surface area contributed by atoms with Crippen molar-refractivity contribution in [2.75, 3.05) is 25.5 Å². The molecule has 8 nitrogen and oxygen atoms in total. The van der Waals surface area contributed by atoms with E-state index in [0.717, 1.165) is 5.56 Å². The molecule has 138 valence electrons. The molecule has 0 bridgehead atoms. The minimum Gasteiger partial charge on any atom is -0.495 e. The lowest BCUT2D eigenvalue weighted by atomic mass is 10.00. The van der Waals surface area contributed by atoms with Gasteiger partial charge in [0.1, 0.15) is 5.75 Å². The molecule has 0 radical (unpaired) electrons. The monoisotopic (exact) mass is 385 g/mol. The summed E-state index contributed by atoms with van der Waals surface area (Å²) >= 11 is 5.99. The molecule has 3 heterocycles. The summed E-state index contributed by atoms with van der Waals surface area (Å²) in [6.45, 7) is 1.01. The summed E-state index contributed by atoms with van der Waals surface area (Å²) in [7, 11) is 1.54. The number of likely N-dealkylation sites (tertiary alicyclic amines) is 1. The summed E-state index contributed by atoms with van der Waals surface area (Å²) in [5, 5.41) is 7.36. The standard InChI is InChI=1S/C18H16ClN5O3/c1-26-15-3-2-13(19)8-14(15)21-18(25)24-9-12(10-24)16-22-17(27-23-16)11-4-6-20-7-5-11/h2-8,12H,9-10H2,1H3,(H,21,25). The summed E-state index contributed by atoms with van der Waals surface area (Å²) < 4.78 is 10.5. The molecule has 0 atom stereocenters. The predicted molar refractivity (Wildman–Crippen MR) is 98.9 cm³/mol. The molecule has 0 saturated carbocycles. The van der Waals surface area contributed by atoms with Crippen LogP contribution in [0.25, 0.3) is 11.5 Å². The summed E-state index contributed by atoms with van der Waals surface area (Å²) in [4.78, 5) is 22.5. The van der Waals surface area contributed by atoms with Crippen LogP contribution in [0.15, 0.2) is 47.2 Å². The Bertz CT molecular complexity index is 957. The highest BCUT2D eigenvalue weighted by Crippen LogP contribution is 2.30. The number of aromatic nitrogens is 3. The molecular formula is C18H16ClN5O3. The fraction of sp³-hybridized carbons (Fsp3) is 0.222. The molecule has 9 heteroatoms. The highest BCUT2D eigenvalue weighted by Gasteiger charge is 2.35. The van der Waals surface area contributed by atoms with E-state index in [4.69, 9.17) is 20.9 Å². The quantitative estimate of drug-likeness (QED) is 0.739. The van der Waals surface area contributed by atoms with Crippen LogP contribution in [-0.4, -0.2) is 46.3 Å². The summed E-state index contributed by atoms with van der Waals surface area (Å²) in [6.07, 6.45) is 3.33. The highest BCUT2D eigenvalue weighted by atomic mass is 35.5. The smallest absolute Gasteiger partial charge is 0.321 e. The SMILES string of the molecule is COc1ccc(Cl)cc1NC(=O)N1CC(c2noc(-c3ccncc3)n2)C1. The fourth-order valence-electron chi connectivity index (χ4n) is 2.79. The van der Waals surface area contributed by atoms with Crippen LogP contribution in [0.5, 0.6) is 5.75 Å². The zero-order chi connectivity index (χ0) is 18.8.